The highest BCUT2D eigenvalue weighted by atomic mass is 35.5. The average molecular weight is 405 g/mol. The lowest BCUT2D eigenvalue weighted by Gasteiger charge is -2.07. The Labute approximate surface area is 154 Å². The molecular formula is C14H17ClN4O4S2. The predicted octanol–water partition coefficient (Wildman–Crippen LogP) is 2.14. The van der Waals surface area contributed by atoms with Crippen LogP contribution in [-0.2, 0) is 14.8 Å². The molecule has 0 aliphatic carbocycles. The second-order valence-corrected chi connectivity index (χ2v) is 8.57. The zero-order chi connectivity index (χ0) is 18.4. The van der Waals surface area contributed by atoms with Crippen LogP contribution in [0.15, 0.2) is 28.6 Å². The third kappa shape index (κ3) is 5.92. The van der Waals surface area contributed by atoms with Crippen LogP contribution < -0.4 is 14.8 Å². The van der Waals surface area contributed by atoms with Crippen LogP contribution in [0, 0.1) is 5.92 Å². The summed E-state index contributed by atoms with van der Waals surface area (Å²) in [5, 5.41) is 10.5. The van der Waals surface area contributed by atoms with E-state index in [-0.39, 0.29) is 34.4 Å². The number of hydrogen-bond donors (Lipinski definition) is 2. The van der Waals surface area contributed by atoms with Crippen molar-refractivity contribution in [2.45, 2.75) is 18.2 Å². The minimum Gasteiger partial charge on any atom is -0.492 e. The van der Waals surface area contributed by atoms with Crippen LogP contribution in [0.4, 0.5) is 5.13 Å². The molecule has 2 rings (SSSR count). The molecule has 0 saturated carbocycles. The van der Waals surface area contributed by atoms with Gasteiger partial charge in [-0.05, 0) is 24.3 Å². The van der Waals surface area contributed by atoms with Gasteiger partial charge in [0.2, 0.25) is 15.4 Å². The first-order valence-corrected chi connectivity index (χ1v) is 9.98. The molecule has 0 aliphatic heterocycles. The molecule has 25 heavy (non-hydrogen) atoms. The average Bonchev–Trinajstić information content (AvgIpc) is 3.02. The standard InChI is InChI=1S/C14H17ClN4O4S2/c1-9(2)12(20)17-13-18-19-14(24-13)25(21,22)16-7-8-23-11-5-3-10(15)4-6-11/h3-6,9,16H,7-8H2,1-2H3,(H,17,18,20). The summed E-state index contributed by atoms with van der Waals surface area (Å²) in [5.41, 5.74) is 0. The molecule has 0 fully saturated rings. The first-order valence-electron chi connectivity index (χ1n) is 7.30. The van der Waals surface area contributed by atoms with E-state index < -0.39 is 10.0 Å². The fourth-order valence-electron chi connectivity index (χ4n) is 1.56. The van der Waals surface area contributed by atoms with E-state index in [1.807, 2.05) is 0 Å². The molecule has 0 aliphatic rings. The highest BCUT2D eigenvalue weighted by Gasteiger charge is 2.21. The van der Waals surface area contributed by atoms with Crippen molar-refractivity contribution in [2.24, 2.45) is 5.92 Å². The lowest BCUT2D eigenvalue weighted by molar-refractivity contribution is -0.118. The Morgan fingerprint density at radius 3 is 2.60 bits per heavy atom. The van der Waals surface area contributed by atoms with E-state index in [0.29, 0.717) is 10.8 Å². The van der Waals surface area contributed by atoms with E-state index in [4.69, 9.17) is 16.3 Å². The minimum absolute atomic E-state index is 0.0538. The molecule has 0 spiro atoms. The van der Waals surface area contributed by atoms with E-state index in [2.05, 4.69) is 20.2 Å². The Morgan fingerprint density at radius 1 is 1.28 bits per heavy atom. The minimum atomic E-state index is -3.81. The van der Waals surface area contributed by atoms with Crippen molar-refractivity contribution in [3.05, 3.63) is 29.3 Å². The van der Waals surface area contributed by atoms with Crippen LogP contribution in [0.2, 0.25) is 5.02 Å². The largest absolute Gasteiger partial charge is 0.492 e. The van der Waals surface area contributed by atoms with Gasteiger partial charge in [-0.3, -0.25) is 4.79 Å². The number of aromatic nitrogens is 2. The lowest BCUT2D eigenvalue weighted by atomic mass is 10.2. The van der Waals surface area contributed by atoms with Crippen LogP contribution in [0.5, 0.6) is 5.75 Å². The number of rotatable bonds is 8. The molecular weight excluding hydrogens is 388 g/mol. The van der Waals surface area contributed by atoms with Gasteiger partial charge in [0.05, 0.1) is 0 Å². The molecule has 136 valence electrons. The maximum atomic E-state index is 12.1. The number of carbonyl (C=O) groups excluding carboxylic acids is 1. The van der Waals surface area contributed by atoms with Crippen molar-refractivity contribution in [3.63, 3.8) is 0 Å². The van der Waals surface area contributed by atoms with Crippen LogP contribution in [0.1, 0.15) is 13.8 Å². The molecule has 1 amide bonds. The molecule has 11 heteroatoms. The lowest BCUT2D eigenvalue weighted by Crippen LogP contribution is -2.28. The zero-order valence-electron chi connectivity index (χ0n) is 13.5. The maximum Gasteiger partial charge on any atom is 0.269 e. The molecule has 0 saturated heterocycles. The van der Waals surface area contributed by atoms with Crippen molar-refractivity contribution in [2.75, 3.05) is 18.5 Å². The van der Waals surface area contributed by atoms with Gasteiger partial charge in [0, 0.05) is 17.5 Å². The first kappa shape index (κ1) is 19.6. The number of sulfonamides is 1. The Hall–Kier alpha value is -1.75. The number of carbonyl (C=O) groups is 1. The summed E-state index contributed by atoms with van der Waals surface area (Å²) in [6.45, 7) is 3.63. The summed E-state index contributed by atoms with van der Waals surface area (Å²) in [5.74, 6) is 0.0784. The fourth-order valence-corrected chi connectivity index (χ4v) is 3.64. The molecule has 0 bridgehead atoms. The van der Waals surface area contributed by atoms with Gasteiger partial charge in [-0.25, -0.2) is 13.1 Å². The summed E-state index contributed by atoms with van der Waals surface area (Å²) in [6, 6.07) is 6.72. The molecule has 0 unspecified atom stereocenters. The van der Waals surface area contributed by atoms with Gasteiger partial charge in [0.15, 0.2) is 0 Å². The number of anilines is 1. The Bertz CT molecular complexity index is 822. The predicted molar refractivity (Wildman–Crippen MR) is 95.5 cm³/mol. The SMILES string of the molecule is CC(C)C(=O)Nc1nnc(S(=O)(=O)NCCOc2ccc(Cl)cc2)s1. The van der Waals surface area contributed by atoms with Gasteiger partial charge in [-0.2, -0.15) is 0 Å². The van der Waals surface area contributed by atoms with Crippen molar-refractivity contribution < 1.29 is 17.9 Å². The molecule has 2 N–H and O–H groups in total. The van der Waals surface area contributed by atoms with Gasteiger partial charge in [-0.15, -0.1) is 10.2 Å². The summed E-state index contributed by atoms with van der Waals surface area (Å²) in [7, 11) is -3.81. The summed E-state index contributed by atoms with van der Waals surface area (Å²) >= 11 is 6.55. The second-order valence-electron chi connectivity index (χ2n) is 5.22. The highest BCUT2D eigenvalue weighted by molar-refractivity contribution is 7.91. The number of ether oxygens (including phenoxy) is 1. The van der Waals surface area contributed by atoms with Crippen LogP contribution >= 0.6 is 22.9 Å². The fraction of sp³-hybridized carbons (Fsp3) is 0.357. The summed E-state index contributed by atoms with van der Waals surface area (Å²) < 4.78 is 31.8. The van der Waals surface area contributed by atoms with Crippen molar-refractivity contribution in [1.82, 2.24) is 14.9 Å². The molecule has 1 heterocycles. The number of nitrogens with zero attached hydrogens (tertiary/aromatic N) is 2. The Balaban J connectivity index is 1.85. The number of benzene rings is 1. The second kappa shape index (κ2) is 8.56. The normalized spacial score (nSPS) is 11.5. The summed E-state index contributed by atoms with van der Waals surface area (Å²) in [6.07, 6.45) is 0. The quantitative estimate of drug-likeness (QED) is 0.515. The van der Waals surface area contributed by atoms with E-state index >= 15 is 0 Å². The number of hydrogen-bond acceptors (Lipinski definition) is 7. The van der Waals surface area contributed by atoms with E-state index in [1.165, 1.54) is 0 Å². The topological polar surface area (TPSA) is 110 Å². The summed E-state index contributed by atoms with van der Waals surface area (Å²) in [4.78, 5) is 11.6. The van der Waals surface area contributed by atoms with E-state index in [0.717, 1.165) is 11.3 Å². The smallest absolute Gasteiger partial charge is 0.269 e. The molecule has 1 aromatic carbocycles. The molecule has 0 atom stereocenters. The van der Waals surface area contributed by atoms with Gasteiger partial charge >= 0.3 is 0 Å². The number of halogens is 1. The number of nitrogens with one attached hydrogen (secondary N) is 2. The zero-order valence-corrected chi connectivity index (χ0v) is 15.9. The van der Waals surface area contributed by atoms with Crippen molar-refractivity contribution >= 4 is 44.0 Å². The molecule has 1 aromatic heterocycles. The van der Waals surface area contributed by atoms with Crippen molar-refractivity contribution in [1.29, 1.82) is 0 Å². The van der Waals surface area contributed by atoms with Crippen LogP contribution in [-0.4, -0.2) is 37.7 Å². The Kier molecular flexibility index (Phi) is 6.71. The van der Waals surface area contributed by atoms with Gasteiger partial charge < -0.3 is 10.1 Å². The molecule has 8 nitrogen and oxygen atoms in total. The van der Waals surface area contributed by atoms with E-state index in [9.17, 15) is 13.2 Å². The van der Waals surface area contributed by atoms with E-state index in [1.54, 1.807) is 38.1 Å². The van der Waals surface area contributed by atoms with Gasteiger partial charge in [-0.1, -0.05) is 36.8 Å². The van der Waals surface area contributed by atoms with Gasteiger partial charge in [0.1, 0.15) is 12.4 Å². The van der Waals surface area contributed by atoms with Crippen molar-refractivity contribution in [3.8, 4) is 5.75 Å². The highest BCUT2D eigenvalue weighted by Crippen LogP contribution is 2.20. The monoisotopic (exact) mass is 404 g/mol. The third-order valence-corrected chi connectivity index (χ3v) is 5.79. The third-order valence-electron chi connectivity index (χ3n) is 2.87. The number of amides is 1. The van der Waals surface area contributed by atoms with Gasteiger partial charge in [0.25, 0.3) is 10.0 Å². The maximum absolute atomic E-state index is 12.1. The van der Waals surface area contributed by atoms with Crippen LogP contribution in [0.3, 0.4) is 0 Å². The molecule has 0 radical (unpaired) electrons. The Morgan fingerprint density at radius 2 is 1.96 bits per heavy atom. The van der Waals surface area contributed by atoms with Crippen LogP contribution in [0.25, 0.3) is 0 Å². The molecule has 2 aromatic rings. The first-order chi connectivity index (χ1) is 11.8.